The van der Waals surface area contributed by atoms with Gasteiger partial charge in [-0.3, -0.25) is 9.59 Å². The van der Waals surface area contributed by atoms with E-state index in [-0.39, 0.29) is 31.3 Å². The highest BCUT2D eigenvalue weighted by molar-refractivity contribution is 5.77. The third kappa shape index (κ3) is 45.9. The summed E-state index contributed by atoms with van der Waals surface area (Å²) in [5.74, 6) is -0.564. The number of carbonyl (C=O) groups is 2. The monoisotopic (exact) mass is 882 g/mol. The molecule has 6 nitrogen and oxygen atoms in total. The Morgan fingerprint density at radius 1 is 0.476 bits per heavy atom. The molecular weight excluding hydrogens is 779 g/mol. The lowest BCUT2D eigenvalue weighted by molar-refractivity contribution is -0.150. The summed E-state index contributed by atoms with van der Waals surface area (Å²) < 4.78 is 5.90. The minimum absolute atomic E-state index is 0.0496. The molecule has 0 saturated carbocycles. The van der Waals surface area contributed by atoms with Gasteiger partial charge in [-0.1, -0.05) is 255 Å². The molecule has 3 N–H and O–H groups in total. The van der Waals surface area contributed by atoms with E-state index in [2.05, 4.69) is 80.8 Å². The first-order valence-corrected chi connectivity index (χ1v) is 27.0. The lowest BCUT2D eigenvalue weighted by Crippen LogP contribution is -2.46. The van der Waals surface area contributed by atoms with Crippen molar-refractivity contribution in [1.82, 2.24) is 5.32 Å². The van der Waals surface area contributed by atoms with Crippen molar-refractivity contribution >= 4 is 11.9 Å². The number of carbonyl (C=O) groups excluding carboxylic acids is 2. The third-order valence-electron chi connectivity index (χ3n) is 12.1. The van der Waals surface area contributed by atoms with E-state index in [0.717, 1.165) is 70.6 Å². The van der Waals surface area contributed by atoms with E-state index in [9.17, 15) is 19.8 Å². The maximum atomic E-state index is 13.2. The van der Waals surface area contributed by atoms with Crippen LogP contribution in [0.1, 0.15) is 265 Å². The zero-order chi connectivity index (χ0) is 45.9. The van der Waals surface area contributed by atoms with Crippen LogP contribution in [0.15, 0.2) is 60.8 Å². The largest absolute Gasteiger partial charge is 0.462 e. The summed E-state index contributed by atoms with van der Waals surface area (Å²) in [7, 11) is 0. The van der Waals surface area contributed by atoms with Gasteiger partial charge in [0.2, 0.25) is 5.91 Å². The normalized spacial score (nSPS) is 13.7. The molecule has 0 spiro atoms. The molecule has 366 valence electrons. The summed E-state index contributed by atoms with van der Waals surface area (Å²) in [4.78, 5) is 26.2. The van der Waals surface area contributed by atoms with Gasteiger partial charge in [0.25, 0.3) is 0 Å². The van der Waals surface area contributed by atoms with Crippen LogP contribution >= 0.6 is 0 Å². The van der Waals surface area contributed by atoms with Crippen LogP contribution in [0, 0.1) is 0 Å². The zero-order valence-corrected chi connectivity index (χ0v) is 41.7. The second-order valence-corrected chi connectivity index (χ2v) is 18.3. The average Bonchev–Trinajstić information content (AvgIpc) is 3.28. The Morgan fingerprint density at radius 2 is 0.825 bits per heavy atom. The van der Waals surface area contributed by atoms with Crippen LogP contribution in [-0.2, 0) is 14.3 Å². The van der Waals surface area contributed by atoms with Gasteiger partial charge in [0.1, 0.15) is 6.10 Å². The van der Waals surface area contributed by atoms with Gasteiger partial charge in [-0.05, 0) is 57.8 Å². The highest BCUT2D eigenvalue weighted by Crippen LogP contribution is 2.18. The number of hydrogen-bond acceptors (Lipinski definition) is 5. The van der Waals surface area contributed by atoms with E-state index in [1.807, 2.05) is 6.08 Å². The van der Waals surface area contributed by atoms with Crippen molar-refractivity contribution in [2.75, 3.05) is 6.61 Å². The number of esters is 1. The van der Waals surface area contributed by atoms with Crippen LogP contribution < -0.4 is 5.32 Å². The molecule has 0 aromatic carbocycles. The molecule has 1 amide bonds. The number of aliphatic hydroxyl groups is 2. The molecular formula is C57H103NO5. The fourth-order valence-corrected chi connectivity index (χ4v) is 8.07. The van der Waals surface area contributed by atoms with Gasteiger partial charge in [0.05, 0.1) is 25.2 Å². The molecule has 0 radical (unpaired) electrons. The van der Waals surface area contributed by atoms with E-state index in [0.29, 0.717) is 19.3 Å². The predicted molar refractivity (Wildman–Crippen MR) is 273 cm³/mol. The van der Waals surface area contributed by atoms with E-state index in [1.54, 1.807) is 0 Å². The van der Waals surface area contributed by atoms with E-state index < -0.39 is 18.2 Å². The molecule has 63 heavy (non-hydrogen) atoms. The fraction of sp³-hybridized carbons (Fsp3) is 0.789. The summed E-state index contributed by atoms with van der Waals surface area (Å²) in [6, 6.07) is -0.715. The van der Waals surface area contributed by atoms with Crippen LogP contribution in [0.5, 0.6) is 0 Å². The van der Waals surface area contributed by atoms with Crippen molar-refractivity contribution < 1.29 is 24.5 Å². The van der Waals surface area contributed by atoms with Crippen LogP contribution in [-0.4, -0.2) is 46.9 Å². The maximum Gasteiger partial charge on any atom is 0.306 e. The first-order valence-electron chi connectivity index (χ1n) is 27.0. The summed E-state index contributed by atoms with van der Waals surface area (Å²) in [5.41, 5.74) is 0. The first kappa shape index (κ1) is 60.6. The molecule has 3 atom stereocenters. The van der Waals surface area contributed by atoms with Crippen LogP contribution in [0.25, 0.3) is 0 Å². The van der Waals surface area contributed by atoms with Gasteiger partial charge in [0.15, 0.2) is 0 Å². The Morgan fingerprint density at radius 3 is 1.21 bits per heavy atom. The third-order valence-corrected chi connectivity index (χ3v) is 12.1. The van der Waals surface area contributed by atoms with Gasteiger partial charge in [-0.2, -0.15) is 0 Å². The Bertz CT molecular complexity index is 1130. The van der Waals surface area contributed by atoms with Gasteiger partial charge < -0.3 is 20.3 Å². The Labute approximate surface area is 390 Å². The van der Waals surface area contributed by atoms with Crippen LogP contribution in [0.4, 0.5) is 0 Å². The molecule has 0 aromatic rings. The van der Waals surface area contributed by atoms with Crippen molar-refractivity contribution in [2.45, 2.75) is 283 Å². The quantitative estimate of drug-likeness (QED) is 0.0321. The van der Waals surface area contributed by atoms with Crippen molar-refractivity contribution in [2.24, 2.45) is 0 Å². The molecule has 0 fully saturated rings. The second-order valence-electron chi connectivity index (χ2n) is 18.3. The summed E-state index contributed by atoms with van der Waals surface area (Å²) in [5, 5.41) is 23.8. The van der Waals surface area contributed by atoms with Crippen LogP contribution in [0.3, 0.4) is 0 Å². The van der Waals surface area contributed by atoms with Gasteiger partial charge in [-0.15, -0.1) is 0 Å². The van der Waals surface area contributed by atoms with Gasteiger partial charge in [0, 0.05) is 6.42 Å². The number of allylic oxidation sites excluding steroid dienone is 10. The molecule has 0 aliphatic carbocycles. The molecule has 0 aromatic heterocycles. The van der Waals surface area contributed by atoms with E-state index in [4.69, 9.17) is 4.74 Å². The summed E-state index contributed by atoms with van der Waals surface area (Å²) in [6.07, 6.45) is 62.9. The van der Waals surface area contributed by atoms with E-state index in [1.165, 1.54) is 141 Å². The van der Waals surface area contributed by atoms with Crippen molar-refractivity contribution in [3.05, 3.63) is 60.8 Å². The number of nitrogens with one attached hydrogen (secondary N) is 1. The predicted octanol–water partition coefficient (Wildman–Crippen LogP) is 16.4. The van der Waals surface area contributed by atoms with Crippen LogP contribution in [0.2, 0.25) is 0 Å². The Balaban J connectivity index is 4.67. The summed E-state index contributed by atoms with van der Waals surface area (Å²) in [6.45, 7) is 6.37. The van der Waals surface area contributed by atoms with Crippen molar-refractivity contribution in [3.8, 4) is 0 Å². The highest BCUT2D eigenvalue weighted by Gasteiger charge is 2.24. The van der Waals surface area contributed by atoms with Crippen molar-refractivity contribution in [1.29, 1.82) is 0 Å². The zero-order valence-electron chi connectivity index (χ0n) is 41.7. The SMILES string of the molecule is CC/C=C/C/C=C/C/C=C/C/C=C/C/C=C/CCC(=O)OC(CCCCCCCCCCCCCCCCC)CC(=O)NC(CO)C(O)CCCCCCCCCCCCCCC. The molecule has 0 heterocycles. The molecule has 0 bridgehead atoms. The van der Waals surface area contributed by atoms with Gasteiger partial charge >= 0.3 is 5.97 Å². The number of aliphatic hydroxyl groups excluding tert-OH is 2. The Kier molecular flexibility index (Phi) is 48.6. The number of unbranched alkanes of at least 4 members (excludes halogenated alkanes) is 26. The topological polar surface area (TPSA) is 95.9 Å². The number of rotatable bonds is 48. The number of hydrogen-bond donors (Lipinski definition) is 3. The number of ether oxygens (including phenoxy) is 1. The van der Waals surface area contributed by atoms with Crippen molar-refractivity contribution in [3.63, 3.8) is 0 Å². The fourth-order valence-electron chi connectivity index (χ4n) is 8.07. The highest BCUT2D eigenvalue weighted by atomic mass is 16.5. The molecule has 6 heteroatoms. The molecule has 0 saturated heterocycles. The standard InChI is InChI=1S/C57H103NO5/c1-4-7-10-13-16-19-22-25-27-29-32-35-38-41-44-47-50-57(62)63-53(48-45-42-39-36-33-31-28-26-23-20-17-14-11-8-5-2)51-56(61)58-54(52-59)55(60)49-46-43-40-37-34-30-24-21-18-15-12-9-6-3/h7,10,16,19,25,27,32,35,41,44,53-55,59-60H,4-6,8-9,11-15,17-18,20-24,26,28-31,33-34,36-40,42-43,45-52H2,1-3H3,(H,58,61)/b10-7+,19-16+,27-25+,35-32+,44-41+. The van der Waals surface area contributed by atoms with E-state index >= 15 is 0 Å². The average molecular weight is 882 g/mol. The first-order chi connectivity index (χ1) is 31.0. The second kappa shape index (κ2) is 50.6. The molecule has 0 rings (SSSR count). The minimum Gasteiger partial charge on any atom is -0.462 e. The Hall–Kier alpha value is -2.44. The molecule has 0 aliphatic heterocycles. The molecule has 3 unspecified atom stereocenters. The lowest BCUT2D eigenvalue weighted by atomic mass is 10.0. The molecule has 0 aliphatic rings. The lowest BCUT2D eigenvalue weighted by Gasteiger charge is -2.24. The minimum atomic E-state index is -0.799. The van der Waals surface area contributed by atoms with Gasteiger partial charge in [-0.25, -0.2) is 0 Å². The maximum absolute atomic E-state index is 13.2. The number of amides is 1. The smallest absolute Gasteiger partial charge is 0.306 e. The summed E-state index contributed by atoms with van der Waals surface area (Å²) >= 11 is 0.